The Morgan fingerprint density at radius 1 is 1.44 bits per heavy atom. The Morgan fingerprint density at radius 2 is 1.94 bits per heavy atom. The van der Waals surface area contributed by atoms with Crippen LogP contribution in [0.1, 0.15) is 6.92 Å². The van der Waals surface area contributed by atoms with Crippen molar-refractivity contribution in [2.45, 2.75) is 13.0 Å². The first-order chi connectivity index (χ1) is 8.31. The largest absolute Gasteiger partial charge is 0.379 e. The van der Waals surface area contributed by atoms with Gasteiger partial charge in [0.15, 0.2) is 0 Å². The second kappa shape index (κ2) is 6.36. The van der Waals surface area contributed by atoms with Gasteiger partial charge in [0.1, 0.15) is 0 Å². The molecule has 0 heterocycles. The number of nitro groups is 1. The molecule has 0 aromatic heterocycles. The molecule has 0 aliphatic heterocycles. The van der Waals surface area contributed by atoms with Crippen molar-refractivity contribution in [1.82, 2.24) is 0 Å². The Bertz CT molecular complexity index is 473. The van der Waals surface area contributed by atoms with Gasteiger partial charge in [0.25, 0.3) is 5.69 Å². The van der Waals surface area contributed by atoms with Gasteiger partial charge < -0.3 is 5.32 Å². The van der Waals surface area contributed by atoms with Crippen molar-refractivity contribution in [2.75, 3.05) is 17.3 Å². The minimum Gasteiger partial charge on any atom is -0.379 e. The fourth-order valence-corrected chi connectivity index (χ4v) is 2.82. The van der Waals surface area contributed by atoms with E-state index in [1.54, 1.807) is 6.26 Å². The number of benzene rings is 1. The molecule has 1 N–H and O–H groups in total. The fourth-order valence-electron chi connectivity index (χ4n) is 1.44. The number of non-ortho nitro benzene ring substituents is 1. The van der Waals surface area contributed by atoms with Gasteiger partial charge in [-0.1, -0.05) is 23.2 Å². The molecule has 1 aromatic rings. The summed E-state index contributed by atoms with van der Waals surface area (Å²) in [6.07, 6.45) is 1.59. The van der Waals surface area contributed by atoms with Crippen LogP contribution in [-0.4, -0.2) is 27.2 Å². The zero-order valence-corrected chi connectivity index (χ0v) is 12.1. The Morgan fingerprint density at radius 3 is 2.33 bits per heavy atom. The van der Waals surface area contributed by atoms with Gasteiger partial charge in [0.05, 0.1) is 20.7 Å². The maximum absolute atomic E-state index is 11.1. The lowest BCUT2D eigenvalue weighted by Gasteiger charge is -2.16. The van der Waals surface area contributed by atoms with Crippen LogP contribution in [0.25, 0.3) is 0 Å². The maximum Gasteiger partial charge on any atom is 0.272 e. The van der Waals surface area contributed by atoms with Crippen molar-refractivity contribution in [2.24, 2.45) is 0 Å². The van der Waals surface area contributed by atoms with E-state index in [-0.39, 0.29) is 21.8 Å². The molecule has 1 aromatic carbocycles. The summed E-state index contributed by atoms with van der Waals surface area (Å²) in [5.74, 6) is 0.434. The van der Waals surface area contributed by atoms with Gasteiger partial charge in [-0.2, -0.15) is 0 Å². The number of nitrogens with one attached hydrogen (secondary N) is 1. The lowest BCUT2D eigenvalue weighted by molar-refractivity contribution is -0.384. The van der Waals surface area contributed by atoms with Crippen molar-refractivity contribution in [3.8, 4) is 0 Å². The second-order valence-corrected chi connectivity index (χ2v) is 6.12. The second-order valence-electron chi connectivity index (χ2n) is 3.83. The van der Waals surface area contributed by atoms with Gasteiger partial charge in [-0.25, -0.2) is 0 Å². The molecule has 0 aliphatic carbocycles. The van der Waals surface area contributed by atoms with Crippen molar-refractivity contribution in [3.05, 3.63) is 32.3 Å². The van der Waals surface area contributed by atoms with Gasteiger partial charge in [-0.05, 0) is 6.92 Å². The summed E-state index contributed by atoms with van der Waals surface area (Å²) in [5.41, 5.74) is 0.254. The van der Waals surface area contributed by atoms with Crippen LogP contribution in [0.3, 0.4) is 0 Å². The average Bonchev–Trinajstić information content (AvgIpc) is 2.21. The number of nitrogens with zero attached hydrogens (tertiary/aromatic N) is 1. The van der Waals surface area contributed by atoms with E-state index in [0.29, 0.717) is 11.4 Å². The zero-order chi connectivity index (χ0) is 13.9. The van der Waals surface area contributed by atoms with E-state index in [0.717, 1.165) is 0 Å². The Kier molecular flexibility index (Phi) is 5.37. The molecule has 100 valence electrons. The third-order valence-electron chi connectivity index (χ3n) is 2.11. The molecule has 0 saturated carbocycles. The van der Waals surface area contributed by atoms with E-state index in [4.69, 9.17) is 23.2 Å². The molecule has 5 nitrogen and oxygen atoms in total. The molecule has 0 spiro atoms. The molecular weight excluding hydrogens is 299 g/mol. The standard InChI is InChI=1S/C10H12Cl2N2O3S/c1-6(5-18(2)17)13-10-8(11)3-7(14(15)16)4-9(10)12/h3-4,6,13H,5H2,1-2H3. The molecule has 0 aliphatic rings. The number of hydrogen-bond acceptors (Lipinski definition) is 4. The Labute approximate surface area is 117 Å². The van der Waals surface area contributed by atoms with Crippen LogP contribution >= 0.6 is 23.2 Å². The summed E-state index contributed by atoms with van der Waals surface area (Å²) in [5, 5.41) is 13.9. The van der Waals surface area contributed by atoms with Crippen molar-refractivity contribution in [1.29, 1.82) is 0 Å². The lowest BCUT2D eigenvalue weighted by Crippen LogP contribution is -2.22. The van der Waals surface area contributed by atoms with E-state index < -0.39 is 15.7 Å². The van der Waals surface area contributed by atoms with E-state index in [1.807, 2.05) is 6.92 Å². The highest BCUT2D eigenvalue weighted by molar-refractivity contribution is 7.84. The molecule has 0 fully saturated rings. The fraction of sp³-hybridized carbons (Fsp3) is 0.400. The third-order valence-corrected chi connectivity index (χ3v) is 3.68. The normalized spacial score (nSPS) is 14.0. The van der Waals surface area contributed by atoms with E-state index in [1.165, 1.54) is 12.1 Å². The van der Waals surface area contributed by atoms with Crippen LogP contribution in [0.5, 0.6) is 0 Å². The first kappa shape index (κ1) is 15.2. The van der Waals surface area contributed by atoms with Gasteiger partial charge in [0, 0.05) is 41.0 Å². The Balaban J connectivity index is 2.96. The Hall–Kier alpha value is -0.850. The molecule has 0 saturated heterocycles. The summed E-state index contributed by atoms with van der Waals surface area (Å²) in [6, 6.07) is 2.35. The van der Waals surface area contributed by atoms with Gasteiger partial charge in [-0.3, -0.25) is 14.3 Å². The molecule has 1 rings (SSSR count). The van der Waals surface area contributed by atoms with Gasteiger partial charge in [0.2, 0.25) is 0 Å². The molecular formula is C10H12Cl2N2O3S. The van der Waals surface area contributed by atoms with Crippen LogP contribution in [0.2, 0.25) is 10.0 Å². The summed E-state index contributed by atoms with van der Waals surface area (Å²) in [6.45, 7) is 1.83. The molecule has 2 unspecified atom stereocenters. The summed E-state index contributed by atoms with van der Waals surface area (Å²) in [7, 11) is -0.951. The van der Waals surface area contributed by atoms with Gasteiger partial charge in [-0.15, -0.1) is 0 Å². The topological polar surface area (TPSA) is 72.2 Å². The summed E-state index contributed by atoms with van der Waals surface area (Å²) in [4.78, 5) is 10.0. The maximum atomic E-state index is 11.1. The third kappa shape index (κ3) is 4.12. The molecule has 8 heteroatoms. The monoisotopic (exact) mass is 310 g/mol. The number of hydrogen-bond donors (Lipinski definition) is 1. The minimum absolute atomic E-state index is 0.104. The number of halogens is 2. The smallest absolute Gasteiger partial charge is 0.272 e. The highest BCUT2D eigenvalue weighted by Crippen LogP contribution is 2.35. The lowest BCUT2D eigenvalue weighted by atomic mass is 10.2. The molecule has 2 atom stereocenters. The van der Waals surface area contributed by atoms with Crippen molar-refractivity contribution >= 4 is 45.4 Å². The first-order valence-electron chi connectivity index (χ1n) is 5.01. The molecule has 0 bridgehead atoms. The van der Waals surface area contributed by atoms with Crippen LogP contribution in [-0.2, 0) is 10.8 Å². The van der Waals surface area contributed by atoms with Gasteiger partial charge >= 0.3 is 0 Å². The van der Waals surface area contributed by atoms with Crippen molar-refractivity contribution in [3.63, 3.8) is 0 Å². The number of nitro benzene ring substituents is 1. The van der Waals surface area contributed by atoms with E-state index >= 15 is 0 Å². The molecule has 0 radical (unpaired) electrons. The quantitative estimate of drug-likeness (QED) is 0.670. The zero-order valence-electron chi connectivity index (χ0n) is 9.78. The minimum atomic E-state index is -0.951. The highest BCUT2D eigenvalue weighted by atomic mass is 35.5. The van der Waals surface area contributed by atoms with Crippen molar-refractivity contribution < 1.29 is 9.13 Å². The van der Waals surface area contributed by atoms with Crippen LogP contribution in [0, 0.1) is 10.1 Å². The van der Waals surface area contributed by atoms with Crippen LogP contribution in [0.4, 0.5) is 11.4 Å². The SMILES string of the molecule is CC(CS(C)=O)Nc1c(Cl)cc([N+](=O)[O-])cc1Cl. The first-order valence-corrected chi connectivity index (χ1v) is 7.49. The number of anilines is 1. The number of rotatable bonds is 5. The van der Waals surface area contributed by atoms with E-state index in [2.05, 4.69) is 5.32 Å². The predicted octanol–water partition coefficient (Wildman–Crippen LogP) is 3.08. The molecule has 0 amide bonds. The van der Waals surface area contributed by atoms with Crippen LogP contribution < -0.4 is 5.32 Å². The highest BCUT2D eigenvalue weighted by Gasteiger charge is 2.16. The predicted molar refractivity (Wildman–Crippen MR) is 75.1 cm³/mol. The average molecular weight is 311 g/mol. The van der Waals surface area contributed by atoms with E-state index in [9.17, 15) is 14.3 Å². The summed E-state index contributed by atoms with van der Waals surface area (Å²) < 4.78 is 11.1. The molecule has 18 heavy (non-hydrogen) atoms. The summed E-state index contributed by atoms with van der Waals surface area (Å²) >= 11 is 11.9. The van der Waals surface area contributed by atoms with Crippen LogP contribution in [0.15, 0.2) is 12.1 Å².